The number of allylic oxidation sites excluding steroid dienone is 6. The number of unbranched alkanes of at least 4 members (excludes halogenated alkanes) is 4. The fraction of sp³-hybridized carbons (Fsp3) is 0.708. The summed E-state index contributed by atoms with van der Waals surface area (Å²) >= 11 is 12.2. The van der Waals surface area contributed by atoms with Gasteiger partial charge in [0.15, 0.2) is 6.10 Å². The van der Waals surface area contributed by atoms with Crippen molar-refractivity contribution in [1.82, 2.24) is 0 Å². The Morgan fingerprint density at radius 1 is 0.900 bits per heavy atom. The molecule has 0 N–H and O–H groups in total. The summed E-state index contributed by atoms with van der Waals surface area (Å²) in [5.41, 5.74) is 0. The molecular weight excluding hydrogens is 435 g/mol. The Kier molecular flexibility index (Phi) is 20.0. The summed E-state index contributed by atoms with van der Waals surface area (Å²) in [6.07, 6.45) is 23.0. The minimum atomic E-state index is -2.10. The lowest BCUT2D eigenvalue weighted by Gasteiger charge is -2.17. The average Bonchev–Trinajstić information content (AvgIpc) is 2.69. The zero-order valence-electron chi connectivity index (χ0n) is 19.2. The molecule has 0 amide bonds. The third-order valence-electron chi connectivity index (χ3n) is 4.50. The summed E-state index contributed by atoms with van der Waals surface area (Å²) in [7, 11) is 0. The van der Waals surface area contributed by atoms with Crippen LogP contribution in [0.2, 0.25) is 12.6 Å². The Labute approximate surface area is 195 Å². The SMILES string of the molecule is CCC=CCC=CCC=CCCCCCCC(OCCC[Si](C)(Cl)Cl)C(=O)OCC. The average molecular weight is 478 g/mol. The van der Waals surface area contributed by atoms with E-state index in [9.17, 15) is 4.79 Å². The van der Waals surface area contributed by atoms with Gasteiger partial charge in [0, 0.05) is 6.61 Å². The highest BCUT2D eigenvalue weighted by Gasteiger charge is 2.22. The predicted molar refractivity (Wildman–Crippen MR) is 134 cm³/mol. The summed E-state index contributed by atoms with van der Waals surface area (Å²) in [4.78, 5) is 12.1. The van der Waals surface area contributed by atoms with Crippen molar-refractivity contribution >= 4 is 34.8 Å². The molecule has 174 valence electrons. The Morgan fingerprint density at radius 2 is 1.53 bits per heavy atom. The number of esters is 1. The second-order valence-corrected chi connectivity index (χ2v) is 15.8. The van der Waals surface area contributed by atoms with Gasteiger partial charge in [0.2, 0.25) is 6.69 Å². The predicted octanol–water partition coefficient (Wildman–Crippen LogP) is 8.07. The van der Waals surface area contributed by atoms with Crippen LogP contribution in [0.4, 0.5) is 0 Å². The summed E-state index contributed by atoms with van der Waals surface area (Å²) in [6, 6.07) is 0.769. The molecule has 0 aliphatic heterocycles. The molecule has 0 spiro atoms. The monoisotopic (exact) mass is 476 g/mol. The fourth-order valence-corrected chi connectivity index (χ4v) is 4.45. The van der Waals surface area contributed by atoms with Crippen molar-refractivity contribution in [3.05, 3.63) is 36.5 Å². The van der Waals surface area contributed by atoms with Gasteiger partial charge >= 0.3 is 5.97 Å². The molecule has 3 nitrogen and oxygen atoms in total. The van der Waals surface area contributed by atoms with Gasteiger partial charge in [-0.2, -0.15) is 0 Å². The van der Waals surface area contributed by atoms with Crippen LogP contribution in [0.1, 0.15) is 78.1 Å². The van der Waals surface area contributed by atoms with Gasteiger partial charge in [-0.3, -0.25) is 0 Å². The van der Waals surface area contributed by atoms with E-state index in [4.69, 9.17) is 31.6 Å². The molecule has 0 aromatic heterocycles. The van der Waals surface area contributed by atoms with Crippen LogP contribution in [0, 0.1) is 0 Å². The summed E-state index contributed by atoms with van der Waals surface area (Å²) in [6.45, 7) is 4.65. The van der Waals surface area contributed by atoms with Crippen LogP contribution in [0.3, 0.4) is 0 Å². The third-order valence-corrected chi connectivity index (χ3v) is 6.86. The number of halogens is 2. The van der Waals surface area contributed by atoms with E-state index in [1.54, 1.807) is 0 Å². The molecule has 0 fully saturated rings. The first-order chi connectivity index (χ1) is 14.4. The van der Waals surface area contributed by atoms with Gasteiger partial charge in [-0.05, 0) is 64.5 Å². The summed E-state index contributed by atoms with van der Waals surface area (Å²) in [5.74, 6) is -0.254. The molecule has 0 rings (SSSR count). The zero-order chi connectivity index (χ0) is 22.5. The van der Waals surface area contributed by atoms with Crippen molar-refractivity contribution in [2.45, 2.75) is 96.8 Å². The van der Waals surface area contributed by atoms with Crippen LogP contribution in [0.25, 0.3) is 0 Å². The molecule has 0 bridgehead atoms. The lowest BCUT2D eigenvalue weighted by molar-refractivity contribution is -0.157. The van der Waals surface area contributed by atoms with Crippen molar-refractivity contribution in [3.8, 4) is 0 Å². The topological polar surface area (TPSA) is 35.5 Å². The number of carbonyl (C=O) groups is 1. The maximum atomic E-state index is 12.1. The smallest absolute Gasteiger partial charge is 0.335 e. The highest BCUT2D eigenvalue weighted by Crippen LogP contribution is 2.21. The van der Waals surface area contributed by atoms with E-state index < -0.39 is 12.8 Å². The van der Waals surface area contributed by atoms with E-state index >= 15 is 0 Å². The minimum Gasteiger partial charge on any atom is -0.464 e. The number of ether oxygens (including phenoxy) is 2. The maximum Gasteiger partial charge on any atom is 0.335 e. The molecule has 0 aliphatic carbocycles. The van der Waals surface area contributed by atoms with Crippen LogP contribution in [-0.2, 0) is 14.3 Å². The van der Waals surface area contributed by atoms with Crippen LogP contribution >= 0.6 is 22.2 Å². The summed E-state index contributed by atoms with van der Waals surface area (Å²) < 4.78 is 10.9. The first-order valence-electron chi connectivity index (χ1n) is 11.5. The molecular formula is C24H42Cl2O3Si. The Bertz CT molecular complexity index is 499. The number of rotatable bonds is 19. The van der Waals surface area contributed by atoms with E-state index in [-0.39, 0.29) is 5.97 Å². The van der Waals surface area contributed by atoms with E-state index in [2.05, 4.69) is 43.4 Å². The van der Waals surface area contributed by atoms with Gasteiger partial charge in [-0.25, -0.2) is 4.79 Å². The zero-order valence-corrected chi connectivity index (χ0v) is 21.7. The van der Waals surface area contributed by atoms with E-state index in [1.807, 2.05) is 13.5 Å². The highest BCUT2D eigenvalue weighted by molar-refractivity contribution is 7.44. The quantitative estimate of drug-likeness (QED) is 0.0620. The van der Waals surface area contributed by atoms with Crippen molar-refractivity contribution < 1.29 is 14.3 Å². The van der Waals surface area contributed by atoms with Gasteiger partial charge in [-0.1, -0.05) is 62.6 Å². The van der Waals surface area contributed by atoms with Crippen LogP contribution in [0.5, 0.6) is 0 Å². The van der Waals surface area contributed by atoms with Gasteiger partial charge in [0.25, 0.3) is 0 Å². The van der Waals surface area contributed by atoms with E-state index in [1.165, 1.54) is 12.8 Å². The largest absolute Gasteiger partial charge is 0.464 e. The molecule has 30 heavy (non-hydrogen) atoms. The molecule has 0 radical (unpaired) electrons. The lowest BCUT2D eigenvalue weighted by atomic mass is 10.1. The number of hydrogen-bond acceptors (Lipinski definition) is 3. The van der Waals surface area contributed by atoms with E-state index in [0.29, 0.717) is 19.6 Å². The molecule has 1 unspecified atom stereocenters. The second kappa shape index (κ2) is 20.4. The molecule has 0 aromatic carbocycles. The Balaban J connectivity index is 3.87. The Hall–Kier alpha value is -0.553. The maximum absolute atomic E-state index is 12.1. The van der Waals surface area contributed by atoms with Gasteiger partial charge in [-0.15, -0.1) is 22.2 Å². The second-order valence-electron chi connectivity index (χ2n) is 7.57. The summed E-state index contributed by atoms with van der Waals surface area (Å²) in [5, 5.41) is 0. The minimum absolute atomic E-state index is 0.254. The molecule has 0 saturated heterocycles. The van der Waals surface area contributed by atoms with Crippen LogP contribution in [0.15, 0.2) is 36.5 Å². The van der Waals surface area contributed by atoms with Gasteiger partial charge in [0.1, 0.15) is 0 Å². The van der Waals surface area contributed by atoms with Crippen molar-refractivity contribution in [2.75, 3.05) is 13.2 Å². The number of carbonyl (C=O) groups excluding carboxylic acids is 1. The van der Waals surface area contributed by atoms with Gasteiger partial charge in [0.05, 0.1) is 6.61 Å². The van der Waals surface area contributed by atoms with Crippen LogP contribution < -0.4 is 0 Å². The van der Waals surface area contributed by atoms with Gasteiger partial charge < -0.3 is 9.47 Å². The first-order valence-corrected chi connectivity index (χ1v) is 16.2. The third kappa shape index (κ3) is 20.7. The molecule has 0 aliphatic rings. The Morgan fingerprint density at radius 3 is 2.17 bits per heavy atom. The van der Waals surface area contributed by atoms with Crippen molar-refractivity contribution in [1.29, 1.82) is 0 Å². The van der Waals surface area contributed by atoms with Crippen LogP contribution in [-0.4, -0.2) is 32.0 Å². The molecule has 6 heteroatoms. The lowest BCUT2D eigenvalue weighted by Crippen LogP contribution is -2.27. The number of hydrogen-bond donors (Lipinski definition) is 0. The van der Waals surface area contributed by atoms with E-state index in [0.717, 1.165) is 51.0 Å². The molecule has 1 atom stereocenters. The first kappa shape index (κ1) is 29.4. The van der Waals surface area contributed by atoms with Crippen molar-refractivity contribution in [3.63, 3.8) is 0 Å². The standard InChI is InChI=1S/C24H42Cl2O3Si/c1-4-6-7-8-9-10-11-12-13-14-15-16-17-18-20-23(24(27)28-5-2)29-21-19-22-30(3,25)26/h6-7,9-10,12-13,23H,4-5,8,11,14-22H2,1-3H3. The molecule has 0 aromatic rings. The fourth-order valence-electron chi connectivity index (χ4n) is 2.88. The highest BCUT2D eigenvalue weighted by atomic mass is 35.7. The van der Waals surface area contributed by atoms with Crippen molar-refractivity contribution in [2.24, 2.45) is 0 Å². The normalized spacial score (nSPS) is 13.6. The molecule has 0 heterocycles. The molecule has 0 saturated carbocycles.